The molecule has 1 fully saturated rings. The molecule has 0 aliphatic carbocycles. The molecule has 0 bridgehead atoms. The van der Waals surface area contributed by atoms with Crippen LogP contribution in [0.2, 0.25) is 0 Å². The summed E-state index contributed by atoms with van der Waals surface area (Å²) in [5.74, 6) is 2.02. The minimum absolute atomic E-state index is 0.0830. The van der Waals surface area contributed by atoms with Crippen molar-refractivity contribution in [1.82, 2.24) is 9.88 Å². The Morgan fingerprint density at radius 3 is 2.50 bits per heavy atom. The number of hydrogen-bond donors (Lipinski definition) is 1. The summed E-state index contributed by atoms with van der Waals surface area (Å²) in [5.41, 5.74) is 7.45. The largest absolute Gasteiger partial charge is 0.379 e. The number of nitrogens with two attached hydrogens (primary N) is 1. The molecule has 1 aromatic heterocycles. The molecule has 1 atom stereocenters. The van der Waals surface area contributed by atoms with Crippen LogP contribution in [0, 0.1) is 0 Å². The van der Waals surface area contributed by atoms with Crippen LogP contribution in [0.5, 0.6) is 0 Å². The van der Waals surface area contributed by atoms with Gasteiger partial charge in [-0.2, -0.15) is 0 Å². The minimum atomic E-state index is -0.300. The predicted octanol–water partition coefficient (Wildman–Crippen LogP) is 2.71. The molecule has 6 nitrogen and oxygen atoms in total. The summed E-state index contributed by atoms with van der Waals surface area (Å²) >= 11 is 1.60. The maximum absolute atomic E-state index is 12.9. The fourth-order valence-corrected chi connectivity index (χ4v) is 4.70. The maximum atomic E-state index is 12.9. The Morgan fingerprint density at radius 2 is 1.86 bits per heavy atom. The monoisotopic (exact) mass is 395 g/mol. The van der Waals surface area contributed by atoms with Gasteiger partial charge in [-0.25, -0.2) is 4.98 Å². The summed E-state index contributed by atoms with van der Waals surface area (Å²) in [4.78, 5) is 26.1. The second-order valence-corrected chi connectivity index (χ2v) is 8.48. The zero-order chi connectivity index (χ0) is 19.6. The van der Waals surface area contributed by atoms with Gasteiger partial charge in [0.25, 0.3) is 5.91 Å². The van der Waals surface area contributed by atoms with Gasteiger partial charge in [-0.3, -0.25) is 9.79 Å². The van der Waals surface area contributed by atoms with Gasteiger partial charge in [0, 0.05) is 43.7 Å². The molecular weight excluding hydrogens is 370 g/mol. The van der Waals surface area contributed by atoms with Crippen molar-refractivity contribution in [2.75, 3.05) is 36.8 Å². The predicted molar refractivity (Wildman–Crippen MR) is 115 cm³/mol. The molecule has 2 N–H and O–H groups in total. The van der Waals surface area contributed by atoms with Crippen LogP contribution in [0.15, 0.2) is 53.7 Å². The van der Waals surface area contributed by atoms with Gasteiger partial charge >= 0.3 is 0 Å². The molecule has 2 aromatic rings. The van der Waals surface area contributed by atoms with Crippen molar-refractivity contribution in [3.05, 3.63) is 59.8 Å². The first-order chi connectivity index (χ1) is 13.5. The van der Waals surface area contributed by atoms with Crippen LogP contribution >= 0.6 is 11.8 Å². The summed E-state index contributed by atoms with van der Waals surface area (Å²) in [5, 5.41) is 0.639. The molecule has 28 heavy (non-hydrogen) atoms. The number of aliphatic imine (C=N–C) groups is 1. The molecule has 1 unspecified atom stereocenters. The Bertz CT molecular complexity index is 862. The van der Waals surface area contributed by atoms with E-state index in [1.54, 1.807) is 18.0 Å². The third kappa shape index (κ3) is 3.85. The summed E-state index contributed by atoms with van der Waals surface area (Å²) in [6, 6.07) is 13.8. The Hall–Kier alpha value is -2.54. The highest BCUT2D eigenvalue weighted by atomic mass is 32.2. The quantitative estimate of drug-likeness (QED) is 0.865. The van der Waals surface area contributed by atoms with Crippen molar-refractivity contribution in [3.8, 4) is 0 Å². The first-order valence-corrected chi connectivity index (χ1v) is 10.6. The highest BCUT2D eigenvalue weighted by molar-refractivity contribution is 8.13. The van der Waals surface area contributed by atoms with Gasteiger partial charge in [-0.1, -0.05) is 30.0 Å². The number of rotatable bonds is 3. The fraction of sp³-hybridized carbons (Fsp3) is 0.381. The fourth-order valence-electron chi connectivity index (χ4n) is 3.73. The van der Waals surface area contributed by atoms with Crippen LogP contribution in [-0.4, -0.2) is 52.9 Å². The van der Waals surface area contributed by atoms with Crippen molar-refractivity contribution in [2.45, 2.75) is 18.9 Å². The molecule has 2 aliphatic rings. The number of pyridine rings is 1. The van der Waals surface area contributed by atoms with Crippen molar-refractivity contribution in [1.29, 1.82) is 0 Å². The second kappa shape index (κ2) is 7.83. The number of hydrogen-bond acceptors (Lipinski definition) is 6. The molecule has 0 spiro atoms. The van der Waals surface area contributed by atoms with Crippen molar-refractivity contribution in [3.63, 3.8) is 0 Å². The zero-order valence-electron chi connectivity index (χ0n) is 16.0. The number of piperazine rings is 1. The second-order valence-electron chi connectivity index (χ2n) is 7.37. The summed E-state index contributed by atoms with van der Waals surface area (Å²) in [6.07, 6.45) is 2.75. The summed E-state index contributed by atoms with van der Waals surface area (Å²) in [6.45, 7) is 5.10. The van der Waals surface area contributed by atoms with Crippen molar-refractivity contribution >= 4 is 28.7 Å². The SMILES string of the molecule is CC1(c2ccc(C(=O)N3CCN(c4ccccn4)CC3)cc2)CCSC(N)=N1. The van der Waals surface area contributed by atoms with Gasteiger partial charge in [0.05, 0.1) is 5.54 Å². The maximum Gasteiger partial charge on any atom is 0.253 e. The van der Waals surface area contributed by atoms with E-state index >= 15 is 0 Å². The molecule has 146 valence electrons. The smallest absolute Gasteiger partial charge is 0.253 e. The first kappa shape index (κ1) is 18.8. The van der Waals surface area contributed by atoms with Gasteiger partial charge in [-0.05, 0) is 43.2 Å². The number of carbonyl (C=O) groups is 1. The van der Waals surface area contributed by atoms with E-state index in [2.05, 4.69) is 21.8 Å². The molecule has 7 heteroatoms. The standard InChI is InChI=1S/C21H25N5OS/c1-21(9-15-28-20(22)24-21)17-7-5-16(6-8-17)19(27)26-13-11-25(12-14-26)18-4-2-3-10-23-18/h2-8,10H,9,11-15H2,1H3,(H2,22,24). The van der Waals surface area contributed by atoms with E-state index in [0.717, 1.165) is 42.2 Å². The van der Waals surface area contributed by atoms with Crippen LogP contribution in [0.4, 0.5) is 5.82 Å². The van der Waals surface area contributed by atoms with Gasteiger partial charge in [-0.15, -0.1) is 0 Å². The Balaban J connectivity index is 1.41. The molecule has 1 aromatic carbocycles. The van der Waals surface area contributed by atoms with Gasteiger partial charge < -0.3 is 15.5 Å². The molecule has 0 radical (unpaired) electrons. The van der Waals surface area contributed by atoms with E-state index < -0.39 is 0 Å². The number of carbonyl (C=O) groups excluding carboxylic acids is 1. The summed E-state index contributed by atoms with van der Waals surface area (Å²) in [7, 11) is 0. The van der Waals surface area contributed by atoms with Crippen LogP contribution in [-0.2, 0) is 5.54 Å². The highest BCUT2D eigenvalue weighted by Crippen LogP contribution is 2.35. The van der Waals surface area contributed by atoms with Gasteiger partial charge in [0.2, 0.25) is 0 Å². The van der Waals surface area contributed by atoms with E-state index in [-0.39, 0.29) is 11.4 Å². The first-order valence-electron chi connectivity index (χ1n) is 9.59. The Morgan fingerprint density at radius 1 is 1.11 bits per heavy atom. The Labute approximate surface area is 169 Å². The number of amides is 1. The molecule has 3 heterocycles. The molecule has 2 aliphatic heterocycles. The third-order valence-electron chi connectivity index (χ3n) is 5.49. The van der Waals surface area contributed by atoms with E-state index in [4.69, 9.17) is 5.73 Å². The lowest BCUT2D eigenvalue weighted by atomic mass is 9.89. The molecule has 0 saturated carbocycles. The van der Waals surface area contributed by atoms with Crippen LogP contribution < -0.4 is 10.6 Å². The number of aromatic nitrogens is 1. The molecule has 4 rings (SSSR count). The highest BCUT2D eigenvalue weighted by Gasteiger charge is 2.30. The average Bonchev–Trinajstić information content (AvgIpc) is 2.74. The van der Waals surface area contributed by atoms with Crippen molar-refractivity contribution in [2.24, 2.45) is 10.7 Å². The van der Waals surface area contributed by atoms with E-state index in [1.807, 2.05) is 47.4 Å². The number of thioether (sulfide) groups is 1. The number of anilines is 1. The van der Waals surface area contributed by atoms with Crippen LogP contribution in [0.1, 0.15) is 29.3 Å². The van der Waals surface area contributed by atoms with Crippen molar-refractivity contribution < 1.29 is 4.79 Å². The lowest BCUT2D eigenvalue weighted by Crippen LogP contribution is -2.49. The van der Waals surface area contributed by atoms with Crippen LogP contribution in [0.3, 0.4) is 0 Å². The molecule has 1 amide bonds. The number of amidine groups is 1. The van der Waals surface area contributed by atoms with E-state index in [1.165, 1.54) is 0 Å². The van der Waals surface area contributed by atoms with Gasteiger partial charge in [0.1, 0.15) is 5.82 Å². The molecule has 1 saturated heterocycles. The number of benzene rings is 1. The van der Waals surface area contributed by atoms with Crippen LogP contribution in [0.25, 0.3) is 0 Å². The minimum Gasteiger partial charge on any atom is -0.379 e. The van der Waals surface area contributed by atoms with E-state index in [9.17, 15) is 4.79 Å². The van der Waals surface area contributed by atoms with E-state index in [0.29, 0.717) is 18.3 Å². The normalized spacial score (nSPS) is 22.7. The Kier molecular flexibility index (Phi) is 5.26. The summed E-state index contributed by atoms with van der Waals surface area (Å²) < 4.78 is 0. The average molecular weight is 396 g/mol. The topological polar surface area (TPSA) is 74.8 Å². The third-order valence-corrected chi connectivity index (χ3v) is 6.28. The lowest BCUT2D eigenvalue weighted by molar-refractivity contribution is 0.0746. The van der Waals surface area contributed by atoms with Gasteiger partial charge in [0.15, 0.2) is 5.17 Å². The zero-order valence-corrected chi connectivity index (χ0v) is 16.9. The molecular formula is C21H25N5OS. The number of nitrogens with zero attached hydrogens (tertiary/aromatic N) is 4. The lowest BCUT2D eigenvalue weighted by Gasteiger charge is -2.35.